The number of fused-ring (bicyclic) bond motifs is 1. The number of pyridine rings is 2. The van der Waals surface area contributed by atoms with Crippen molar-refractivity contribution in [3.63, 3.8) is 0 Å². The first-order valence-corrected chi connectivity index (χ1v) is 12.3. The van der Waals surface area contributed by atoms with Crippen LogP contribution in [0.3, 0.4) is 0 Å². The highest BCUT2D eigenvalue weighted by atomic mass is 19.3. The van der Waals surface area contributed by atoms with Crippen LogP contribution < -0.4 is 5.32 Å². The summed E-state index contributed by atoms with van der Waals surface area (Å²) in [5, 5.41) is 13.7. The largest absolute Gasteiger partial charge is 0.391 e. The van der Waals surface area contributed by atoms with Crippen LogP contribution in [0, 0.1) is 5.82 Å². The number of nitrogens with zero attached hydrogens (tertiary/aromatic N) is 4. The van der Waals surface area contributed by atoms with E-state index in [-0.39, 0.29) is 11.6 Å². The number of amides is 2. The third kappa shape index (κ3) is 5.11. The SMILES string of the molecule is C[C@@H](Nc1ccnc2cnc(C3=CCN(C(=O)N4CC[C@@H](O)C4)CC3)cc12)c1cccc(C(F)F)c1F. The van der Waals surface area contributed by atoms with Gasteiger partial charge >= 0.3 is 6.03 Å². The van der Waals surface area contributed by atoms with Crippen molar-refractivity contribution in [3.8, 4) is 0 Å². The number of aliphatic hydroxyl groups excluding tert-OH is 1. The molecule has 1 fully saturated rings. The molecule has 2 atom stereocenters. The predicted molar refractivity (Wildman–Crippen MR) is 135 cm³/mol. The maximum atomic E-state index is 14.7. The van der Waals surface area contributed by atoms with Crippen LogP contribution in [0.15, 0.2) is 48.8 Å². The zero-order valence-corrected chi connectivity index (χ0v) is 20.4. The van der Waals surface area contributed by atoms with Crippen LogP contribution in [-0.4, -0.2) is 63.2 Å². The number of hydrogen-bond acceptors (Lipinski definition) is 5. The summed E-state index contributed by atoms with van der Waals surface area (Å²) in [4.78, 5) is 25.1. The Hall–Kier alpha value is -3.66. The number of aliphatic hydroxyl groups is 1. The van der Waals surface area contributed by atoms with Gasteiger partial charge in [0.05, 0.1) is 35.1 Å². The second kappa shape index (κ2) is 10.4. The Labute approximate surface area is 212 Å². The first-order chi connectivity index (χ1) is 17.8. The molecule has 7 nitrogen and oxygen atoms in total. The number of carbonyl (C=O) groups is 1. The van der Waals surface area contributed by atoms with Gasteiger partial charge in [0.2, 0.25) is 0 Å². The van der Waals surface area contributed by atoms with E-state index in [4.69, 9.17) is 0 Å². The molecule has 194 valence electrons. The number of carbonyl (C=O) groups excluding carboxylic acids is 1. The van der Waals surface area contributed by atoms with Crippen LogP contribution in [0.25, 0.3) is 16.5 Å². The molecule has 5 rings (SSSR count). The summed E-state index contributed by atoms with van der Waals surface area (Å²) in [7, 11) is 0. The molecular weight excluding hydrogens is 483 g/mol. The minimum Gasteiger partial charge on any atom is -0.391 e. The molecule has 1 saturated heterocycles. The van der Waals surface area contributed by atoms with Crippen molar-refractivity contribution in [2.24, 2.45) is 0 Å². The Kier molecular flexibility index (Phi) is 7.01. The molecule has 0 saturated carbocycles. The fourth-order valence-electron chi connectivity index (χ4n) is 4.92. The molecular formula is C27H28F3N5O2. The molecule has 37 heavy (non-hydrogen) atoms. The van der Waals surface area contributed by atoms with Crippen molar-refractivity contribution in [2.75, 3.05) is 31.5 Å². The van der Waals surface area contributed by atoms with Gasteiger partial charge in [-0.3, -0.25) is 9.97 Å². The van der Waals surface area contributed by atoms with E-state index in [2.05, 4.69) is 15.3 Å². The van der Waals surface area contributed by atoms with E-state index >= 15 is 0 Å². The Bertz CT molecular complexity index is 1350. The van der Waals surface area contributed by atoms with Gasteiger partial charge in [-0.05, 0) is 37.5 Å². The summed E-state index contributed by atoms with van der Waals surface area (Å²) in [6, 6.07) is 7.06. The van der Waals surface area contributed by atoms with E-state index in [0.29, 0.717) is 50.2 Å². The summed E-state index contributed by atoms with van der Waals surface area (Å²) < 4.78 is 41.1. The molecule has 0 aliphatic carbocycles. The number of nitrogens with one attached hydrogen (secondary N) is 1. The van der Waals surface area contributed by atoms with Crippen LogP contribution in [-0.2, 0) is 0 Å². The lowest BCUT2D eigenvalue weighted by Crippen LogP contribution is -2.44. The fourth-order valence-corrected chi connectivity index (χ4v) is 4.92. The topological polar surface area (TPSA) is 81.6 Å². The Morgan fingerprint density at radius 1 is 1.16 bits per heavy atom. The van der Waals surface area contributed by atoms with Gasteiger partial charge in [-0.25, -0.2) is 18.0 Å². The smallest absolute Gasteiger partial charge is 0.320 e. The van der Waals surface area contributed by atoms with Gasteiger partial charge in [0, 0.05) is 49.0 Å². The Morgan fingerprint density at radius 2 is 1.97 bits per heavy atom. The first kappa shape index (κ1) is 25.0. The number of urea groups is 1. The van der Waals surface area contributed by atoms with Crippen molar-refractivity contribution in [1.82, 2.24) is 19.8 Å². The van der Waals surface area contributed by atoms with E-state index in [1.807, 2.05) is 12.1 Å². The minimum absolute atomic E-state index is 0.0638. The molecule has 0 bridgehead atoms. The van der Waals surface area contributed by atoms with Crippen LogP contribution in [0.2, 0.25) is 0 Å². The van der Waals surface area contributed by atoms with Gasteiger partial charge in [0.25, 0.3) is 6.43 Å². The van der Waals surface area contributed by atoms with Gasteiger partial charge < -0.3 is 20.2 Å². The number of β-amino-alcohol motifs (C(OH)–C–C–N with tert-alkyl or cyclic N) is 1. The summed E-state index contributed by atoms with van der Waals surface area (Å²) in [5.74, 6) is -0.909. The normalized spacial score (nSPS) is 18.9. The molecule has 3 aromatic rings. The van der Waals surface area contributed by atoms with Gasteiger partial charge in [0.1, 0.15) is 5.82 Å². The molecule has 0 unspecified atom stereocenters. The molecule has 4 heterocycles. The van der Waals surface area contributed by atoms with Crippen molar-refractivity contribution in [2.45, 2.75) is 38.3 Å². The lowest BCUT2D eigenvalue weighted by atomic mass is 10.0. The molecule has 2 aliphatic rings. The highest BCUT2D eigenvalue weighted by molar-refractivity contribution is 5.92. The van der Waals surface area contributed by atoms with Crippen molar-refractivity contribution in [1.29, 1.82) is 0 Å². The lowest BCUT2D eigenvalue weighted by molar-refractivity contribution is 0.146. The van der Waals surface area contributed by atoms with E-state index in [9.17, 15) is 23.1 Å². The summed E-state index contributed by atoms with van der Waals surface area (Å²) >= 11 is 0. The van der Waals surface area contributed by atoms with E-state index in [0.717, 1.165) is 22.7 Å². The lowest BCUT2D eigenvalue weighted by Gasteiger charge is -2.30. The quantitative estimate of drug-likeness (QED) is 0.495. The summed E-state index contributed by atoms with van der Waals surface area (Å²) in [6.45, 7) is 3.66. The number of likely N-dealkylation sites (tertiary alicyclic amines) is 1. The minimum atomic E-state index is -2.89. The Morgan fingerprint density at radius 3 is 2.68 bits per heavy atom. The highest BCUT2D eigenvalue weighted by Gasteiger charge is 2.29. The zero-order chi connectivity index (χ0) is 26.1. The number of benzene rings is 1. The van der Waals surface area contributed by atoms with Gasteiger partial charge in [0.15, 0.2) is 0 Å². The average Bonchev–Trinajstić information content (AvgIpc) is 3.34. The van der Waals surface area contributed by atoms with Gasteiger partial charge in [-0.1, -0.05) is 24.3 Å². The standard InChI is InChI=1S/C27H28F3N5O2/c1-16(19-3-2-4-20(25(19)28)26(29)30)33-22-5-9-31-24-14-32-23(13-21(22)24)17-6-10-34(11-7-17)27(37)35-12-8-18(36)15-35/h2-6,9,13-14,16,18,26,36H,7-8,10-12,15H2,1H3,(H,31,33)/t16-,18-/m1/s1. The van der Waals surface area contributed by atoms with Gasteiger partial charge in [-0.15, -0.1) is 0 Å². The molecule has 0 radical (unpaired) electrons. The summed E-state index contributed by atoms with van der Waals surface area (Å²) in [6.07, 6.45) is 3.16. The maximum Gasteiger partial charge on any atom is 0.320 e. The molecule has 10 heteroatoms. The molecule has 1 aromatic carbocycles. The van der Waals surface area contributed by atoms with Gasteiger partial charge in [-0.2, -0.15) is 0 Å². The van der Waals surface area contributed by atoms with Crippen LogP contribution in [0.1, 0.15) is 49.1 Å². The number of halogens is 3. The second-order valence-corrected chi connectivity index (χ2v) is 9.46. The van der Waals surface area contributed by atoms with Crippen LogP contribution in [0.5, 0.6) is 0 Å². The third-order valence-electron chi connectivity index (χ3n) is 7.00. The third-order valence-corrected chi connectivity index (χ3v) is 7.00. The van der Waals surface area contributed by atoms with Crippen molar-refractivity contribution >= 4 is 28.2 Å². The molecule has 2 N–H and O–H groups in total. The van der Waals surface area contributed by atoms with E-state index in [1.165, 1.54) is 12.1 Å². The molecule has 2 amide bonds. The highest BCUT2D eigenvalue weighted by Crippen LogP contribution is 2.32. The molecule has 2 aromatic heterocycles. The monoisotopic (exact) mass is 511 g/mol. The van der Waals surface area contributed by atoms with Crippen LogP contribution in [0.4, 0.5) is 23.7 Å². The average molecular weight is 512 g/mol. The number of aromatic nitrogens is 2. The molecule has 0 spiro atoms. The number of hydrogen-bond donors (Lipinski definition) is 2. The second-order valence-electron chi connectivity index (χ2n) is 9.46. The summed E-state index contributed by atoms with van der Waals surface area (Å²) in [5.41, 5.74) is 2.63. The number of anilines is 1. The maximum absolute atomic E-state index is 14.7. The van der Waals surface area contributed by atoms with Crippen molar-refractivity contribution in [3.05, 3.63) is 71.4 Å². The Balaban J connectivity index is 1.36. The first-order valence-electron chi connectivity index (χ1n) is 12.3. The fraction of sp³-hybridized carbons (Fsp3) is 0.370. The molecule has 2 aliphatic heterocycles. The van der Waals surface area contributed by atoms with Crippen molar-refractivity contribution < 1.29 is 23.1 Å². The van der Waals surface area contributed by atoms with E-state index < -0.39 is 30.0 Å². The number of rotatable bonds is 5. The number of alkyl halides is 2. The predicted octanol–water partition coefficient (Wildman–Crippen LogP) is 5.16. The van der Waals surface area contributed by atoms with E-state index in [1.54, 1.807) is 35.2 Å². The zero-order valence-electron chi connectivity index (χ0n) is 20.4. The van der Waals surface area contributed by atoms with Crippen LogP contribution >= 0.6 is 0 Å².